The van der Waals surface area contributed by atoms with E-state index >= 15 is 0 Å². The third-order valence-corrected chi connectivity index (χ3v) is 2.77. The van der Waals surface area contributed by atoms with Crippen molar-refractivity contribution in [1.82, 2.24) is 0 Å². The largest absolute Gasteiger partial charge is 0.380 e. The Bertz CT molecular complexity index is 213. The summed E-state index contributed by atoms with van der Waals surface area (Å²) in [6, 6.07) is 0. The van der Waals surface area contributed by atoms with Gasteiger partial charge in [-0.2, -0.15) is 0 Å². The van der Waals surface area contributed by atoms with Gasteiger partial charge in [0.1, 0.15) is 0 Å². The number of ether oxygens (including phenoxy) is 1. The summed E-state index contributed by atoms with van der Waals surface area (Å²) in [7, 11) is 1.61. The van der Waals surface area contributed by atoms with Gasteiger partial charge in [-0.3, -0.25) is 0 Å². The SMILES string of the molecule is CCCC(C)COCCS(=O)(=O)Cl. The van der Waals surface area contributed by atoms with Crippen LogP contribution >= 0.6 is 10.7 Å². The molecule has 13 heavy (non-hydrogen) atoms. The molecule has 0 amide bonds. The van der Waals surface area contributed by atoms with Gasteiger partial charge in [0.2, 0.25) is 9.05 Å². The number of halogens is 1. The van der Waals surface area contributed by atoms with Gasteiger partial charge in [0.25, 0.3) is 0 Å². The molecular weight excluding hydrogens is 212 g/mol. The fourth-order valence-corrected chi connectivity index (χ4v) is 1.53. The van der Waals surface area contributed by atoms with Crippen LogP contribution in [0.4, 0.5) is 0 Å². The van der Waals surface area contributed by atoms with Crippen molar-refractivity contribution in [1.29, 1.82) is 0 Å². The minimum Gasteiger partial charge on any atom is -0.380 e. The summed E-state index contributed by atoms with van der Waals surface area (Å²) < 4.78 is 26.1. The first kappa shape index (κ1) is 13.2. The highest BCUT2D eigenvalue weighted by atomic mass is 35.7. The van der Waals surface area contributed by atoms with Crippen LogP contribution in [0, 0.1) is 5.92 Å². The van der Waals surface area contributed by atoms with Gasteiger partial charge < -0.3 is 4.74 Å². The highest BCUT2D eigenvalue weighted by Crippen LogP contribution is 2.05. The lowest BCUT2D eigenvalue weighted by atomic mass is 10.1. The lowest BCUT2D eigenvalue weighted by Gasteiger charge is -2.09. The Kier molecular flexibility index (Phi) is 6.73. The van der Waals surface area contributed by atoms with Gasteiger partial charge in [0.15, 0.2) is 0 Å². The molecule has 0 saturated carbocycles. The Morgan fingerprint density at radius 2 is 2.08 bits per heavy atom. The molecule has 0 saturated heterocycles. The Balaban J connectivity index is 3.36. The van der Waals surface area contributed by atoms with Crippen LogP contribution in [0.2, 0.25) is 0 Å². The monoisotopic (exact) mass is 228 g/mol. The van der Waals surface area contributed by atoms with Crippen molar-refractivity contribution < 1.29 is 13.2 Å². The van der Waals surface area contributed by atoms with E-state index in [1.807, 2.05) is 0 Å². The van der Waals surface area contributed by atoms with Gasteiger partial charge in [-0.15, -0.1) is 0 Å². The molecule has 1 atom stereocenters. The molecule has 0 spiro atoms. The summed E-state index contributed by atoms with van der Waals surface area (Å²) >= 11 is 0. The molecule has 0 bridgehead atoms. The molecule has 0 radical (unpaired) electrons. The summed E-state index contributed by atoms with van der Waals surface area (Å²) in [5.41, 5.74) is 0. The number of hydrogen-bond donors (Lipinski definition) is 0. The molecule has 0 aliphatic heterocycles. The molecular formula is C8H17ClO3S. The van der Waals surface area contributed by atoms with E-state index in [0.717, 1.165) is 12.8 Å². The molecule has 0 aromatic rings. The molecule has 3 nitrogen and oxygen atoms in total. The zero-order valence-electron chi connectivity index (χ0n) is 8.12. The molecule has 80 valence electrons. The molecule has 0 heterocycles. The minimum absolute atomic E-state index is 0.104. The summed E-state index contributed by atoms with van der Waals surface area (Å²) in [4.78, 5) is 0. The highest BCUT2D eigenvalue weighted by Gasteiger charge is 2.05. The van der Waals surface area contributed by atoms with Crippen LogP contribution in [0.25, 0.3) is 0 Å². The zero-order chi connectivity index (χ0) is 10.3. The van der Waals surface area contributed by atoms with Crippen LogP contribution in [0.3, 0.4) is 0 Å². The van der Waals surface area contributed by atoms with E-state index in [2.05, 4.69) is 13.8 Å². The highest BCUT2D eigenvalue weighted by molar-refractivity contribution is 8.13. The maximum atomic E-state index is 10.5. The third kappa shape index (κ3) is 10.1. The van der Waals surface area contributed by atoms with Gasteiger partial charge >= 0.3 is 0 Å². The Hall–Kier alpha value is 0.200. The molecule has 0 rings (SSSR count). The molecule has 1 unspecified atom stereocenters. The molecule has 0 aromatic heterocycles. The van der Waals surface area contributed by atoms with Gasteiger partial charge in [0.05, 0.1) is 12.4 Å². The third-order valence-electron chi connectivity index (χ3n) is 1.66. The second-order valence-corrected chi connectivity index (χ2v) is 6.11. The summed E-state index contributed by atoms with van der Waals surface area (Å²) in [5.74, 6) is 0.385. The van der Waals surface area contributed by atoms with E-state index in [0.29, 0.717) is 12.5 Å². The van der Waals surface area contributed by atoms with E-state index in [4.69, 9.17) is 15.4 Å². The molecule has 0 fully saturated rings. The maximum Gasteiger partial charge on any atom is 0.234 e. The first-order chi connectivity index (χ1) is 5.95. The van der Waals surface area contributed by atoms with Crippen molar-refractivity contribution in [3.05, 3.63) is 0 Å². The van der Waals surface area contributed by atoms with Crippen LogP contribution in [0.5, 0.6) is 0 Å². The molecule has 0 N–H and O–H groups in total. The van der Waals surface area contributed by atoms with E-state index in [9.17, 15) is 8.42 Å². The van der Waals surface area contributed by atoms with Gasteiger partial charge in [0, 0.05) is 17.3 Å². The molecule has 0 aliphatic carbocycles. The lowest BCUT2D eigenvalue weighted by molar-refractivity contribution is 0.114. The van der Waals surface area contributed by atoms with Crippen LogP contribution in [0.15, 0.2) is 0 Å². The quantitative estimate of drug-likeness (QED) is 0.495. The summed E-state index contributed by atoms with van der Waals surface area (Å²) in [5, 5.41) is 0. The fourth-order valence-electron chi connectivity index (χ4n) is 1.02. The van der Waals surface area contributed by atoms with Crippen molar-refractivity contribution in [2.24, 2.45) is 5.92 Å². The topological polar surface area (TPSA) is 43.4 Å². The fraction of sp³-hybridized carbons (Fsp3) is 1.00. The van der Waals surface area contributed by atoms with Crippen molar-refractivity contribution >= 4 is 19.7 Å². The van der Waals surface area contributed by atoms with Gasteiger partial charge in [-0.25, -0.2) is 8.42 Å². The first-order valence-electron chi connectivity index (χ1n) is 4.45. The van der Waals surface area contributed by atoms with E-state index in [1.165, 1.54) is 0 Å². The summed E-state index contributed by atoms with van der Waals surface area (Å²) in [6.07, 6.45) is 2.23. The summed E-state index contributed by atoms with van der Waals surface area (Å²) in [6.45, 7) is 5.00. The van der Waals surface area contributed by atoms with E-state index in [-0.39, 0.29) is 12.4 Å². The smallest absolute Gasteiger partial charge is 0.234 e. The normalized spacial score (nSPS) is 14.4. The molecule has 5 heteroatoms. The predicted molar refractivity (Wildman–Crippen MR) is 54.5 cm³/mol. The van der Waals surface area contributed by atoms with Crippen molar-refractivity contribution in [2.45, 2.75) is 26.7 Å². The molecule has 0 aromatic carbocycles. The zero-order valence-corrected chi connectivity index (χ0v) is 9.70. The van der Waals surface area contributed by atoms with Gasteiger partial charge in [-0.1, -0.05) is 20.3 Å². The number of rotatable bonds is 7. The standard InChI is InChI=1S/C8H17ClO3S/c1-3-4-8(2)7-12-5-6-13(9,10)11/h8H,3-7H2,1-2H3. The van der Waals surface area contributed by atoms with Crippen LogP contribution < -0.4 is 0 Å². The van der Waals surface area contributed by atoms with Crippen LogP contribution in [-0.4, -0.2) is 27.4 Å². The second-order valence-electron chi connectivity index (χ2n) is 3.21. The Morgan fingerprint density at radius 1 is 1.46 bits per heavy atom. The predicted octanol–water partition coefficient (Wildman–Crippen LogP) is 2.01. The molecule has 0 aliphatic rings. The van der Waals surface area contributed by atoms with Crippen LogP contribution in [0.1, 0.15) is 26.7 Å². The lowest BCUT2D eigenvalue weighted by Crippen LogP contribution is -2.11. The number of hydrogen-bond acceptors (Lipinski definition) is 3. The van der Waals surface area contributed by atoms with Gasteiger partial charge in [-0.05, 0) is 12.3 Å². The van der Waals surface area contributed by atoms with Crippen molar-refractivity contribution in [3.8, 4) is 0 Å². The second kappa shape index (κ2) is 6.62. The Morgan fingerprint density at radius 3 is 2.54 bits per heavy atom. The minimum atomic E-state index is -3.39. The van der Waals surface area contributed by atoms with Crippen LogP contribution in [-0.2, 0) is 13.8 Å². The van der Waals surface area contributed by atoms with E-state index in [1.54, 1.807) is 0 Å². The van der Waals surface area contributed by atoms with E-state index < -0.39 is 9.05 Å². The average Bonchev–Trinajstić information content (AvgIpc) is 1.97. The van der Waals surface area contributed by atoms with Crippen molar-refractivity contribution in [2.75, 3.05) is 19.0 Å². The van der Waals surface area contributed by atoms with Crippen molar-refractivity contribution in [3.63, 3.8) is 0 Å². The first-order valence-corrected chi connectivity index (χ1v) is 6.93. The average molecular weight is 229 g/mol. The Labute approximate surface area is 84.8 Å². The maximum absolute atomic E-state index is 10.5.